The van der Waals surface area contributed by atoms with E-state index in [1.54, 1.807) is 12.3 Å². The van der Waals surface area contributed by atoms with Crippen molar-refractivity contribution in [1.82, 2.24) is 5.01 Å². The third-order valence-corrected chi connectivity index (χ3v) is 3.71. The van der Waals surface area contributed by atoms with E-state index in [1.807, 2.05) is 5.01 Å². The number of thiophene rings is 1. The summed E-state index contributed by atoms with van der Waals surface area (Å²) in [7, 11) is 2.17. The molecule has 2 heterocycles. The molecule has 0 aliphatic carbocycles. The van der Waals surface area contributed by atoms with Gasteiger partial charge in [-0.15, -0.1) is 0 Å². The second-order valence-electron chi connectivity index (χ2n) is 4.09. The van der Waals surface area contributed by atoms with Gasteiger partial charge >= 0.3 is 5.00 Å². The second kappa shape index (κ2) is 5.24. The Balaban J connectivity index is 1.93. The maximum Gasteiger partial charge on any atom is 0.324 e. The van der Waals surface area contributed by atoms with Crippen molar-refractivity contribution >= 4 is 22.6 Å². The van der Waals surface area contributed by atoms with Crippen LogP contribution in [0.1, 0.15) is 4.88 Å². The number of likely N-dealkylation sites (N-methyl/N-ethyl adjacent to an activating group) is 1. The van der Waals surface area contributed by atoms with E-state index in [9.17, 15) is 10.1 Å². The van der Waals surface area contributed by atoms with Gasteiger partial charge in [0.15, 0.2) is 0 Å². The molecule has 6 nitrogen and oxygen atoms in total. The highest BCUT2D eigenvalue weighted by Crippen LogP contribution is 2.22. The molecule has 0 amide bonds. The predicted molar refractivity (Wildman–Crippen MR) is 66.8 cm³/mol. The van der Waals surface area contributed by atoms with Crippen LogP contribution in [0.25, 0.3) is 0 Å². The van der Waals surface area contributed by atoms with Crippen LogP contribution in [0.2, 0.25) is 0 Å². The predicted octanol–water partition coefficient (Wildman–Crippen LogP) is -0.179. The number of nitrogens with zero attached hydrogens (tertiary/aromatic N) is 3. The van der Waals surface area contributed by atoms with Crippen LogP contribution in [-0.4, -0.2) is 49.4 Å². The largest absolute Gasteiger partial charge is 0.334 e. The quantitative estimate of drug-likeness (QED) is 0.463. The fraction of sp³-hybridized carbons (Fsp3) is 0.500. The molecule has 17 heavy (non-hydrogen) atoms. The van der Waals surface area contributed by atoms with Gasteiger partial charge in [-0.2, -0.15) is 5.10 Å². The van der Waals surface area contributed by atoms with E-state index in [-0.39, 0.29) is 9.92 Å². The number of hydrazone groups is 1. The topological polar surface area (TPSA) is 63.2 Å². The van der Waals surface area contributed by atoms with E-state index in [0.29, 0.717) is 0 Å². The number of rotatable bonds is 3. The minimum absolute atomic E-state index is 0.161. The molecule has 1 aromatic rings. The average Bonchev–Trinajstić information content (AvgIpc) is 2.77. The summed E-state index contributed by atoms with van der Waals surface area (Å²) in [4.78, 5) is 12.5. The highest BCUT2D eigenvalue weighted by atomic mass is 32.1. The summed E-state index contributed by atoms with van der Waals surface area (Å²) in [5.41, 5.74) is 0. The molecule has 2 rings (SSSR count). The molecule has 0 radical (unpaired) electrons. The molecule has 1 fully saturated rings. The number of piperazine rings is 1. The maximum atomic E-state index is 10.5. The fourth-order valence-corrected chi connectivity index (χ4v) is 2.33. The van der Waals surface area contributed by atoms with Crippen molar-refractivity contribution in [3.05, 3.63) is 27.1 Å². The number of hydrogen-bond acceptors (Lipinski definition) is 5. The van der Waals surface area contributed by atoms with Crippen molar-refractivity contribution in [2.24, 2.45) is 5.10 Å². The number of quaternary nitrogens is 1. The minimum Gasteiger partial charge on any atom is -0.334 e. The summed E-state index contributed by atoms with van der Waals surface area (Å²) >= 11 is 1.15. The van der Waals surface area contributed by atoms with Gasteiger partial charge < -0.3 is 4.90 Å². The Morgan fingerprint density at radius 3 is 2.82 bits per heavy atom. The molecule has 1 aromatic heterocycles. The molecule has 1 aliphatic rings. The molecule has 1 N–H and O–H groups in total. The van der Waals surface area contributed by atoms with Gasteiger partial charge in [-0.1, -0.05) is 11.3 Å². The lowest BCUT2D eigenvalue weighted by atomic mass is 10.4. The molecule has 92 valence electrons. The molecule has 1 aliphatic heterocycles. The lowest BCUT2D eigenvalue weighted by Crippen LogP contribution is -3.11. The van der Waals surface area contributed by atoms with Gasteiger partial charge in [0.2, 0.25) is 0 Å². The van der Waals surface area contributed by atoms with Crippen LogP contribution in [0.15, 0.2) is 17.2 Å². The molecule has 0 saturated carbocycles. The monoisotopic (exact) mass is 255 g/mol. The van der Waals surface area contributed by atoms with Gasteiger partial charge in [0.05, 0.1) is 49.2 Å². The lowest BCUT2D eigenvalue weighted by molar-refractivity contribution is -0.884. The Morgan fingerprint density at radius 1 is 1.53 bits per heavy atom. The first-order chi connectivity index (χ1) is 8.15. The maximum absolute atomic E-state index is 10.5. The molecule has 0 unspecified atom stereocenters. The van der Waals surface area contributed by atoms with Gasteiger partial charge in [-0.3, -0.25) is 15.1 Å². The van der Waals surface area contributed by atoms with Gasteiger partial charge in [0.1, 0.15) is 0 Å². The average molecular weight is 255 g/mol. The van der Waals surface area contributed by atoms with Crippen molar-refractivity contribution in [1.29, 1.82) is 0 Å². The van der Waals surface area contributed by atoms with Crippen LogP contribution in [0, 0.1) is 10.1 Å². The summed E-state index contributed by atoms with van der Waals surface area (Å²) in [6.07, 6.45) is 1.71. The molecule has 0 atom stereocenters. The zero-order valence-corrected chi connectivity index (χ0v) is 10.4. The summed E-state index contributed by atoms with van der Waals surface area (Å²) in [5.74, 6) is 0. The smallest absolute Gasteiger partial charge is 0.324 e. The van der Waals surface area contributed by atoms with Crippen molar-refractivity contribution in [3.8, 4) is 0 Å². The van der Waals surface area contributed by atoms with Gasteiger partial charge in [0, 0.05) is 6.07 Å². The van der Waals surface area contributed by atoms with Crippen LogP contribution in [-0.2, 0) is 0 Å². The first-order valence-corrected chi connectivity index (χ1v) is 6.31. The van der Waals surface area contributed by atoms with Gasteiger partial charge in [0.25, 0.3) is 0 Å². The van der Waals surface area contributed by atoms with Crippen molar-refractivity contribution in [3.63, 3.8) is 0 Å². The van der Waals surface area contributed by atoms with Crippen molar-refractivity contribution in [2.45, 2.75) is 0 Å². The second-order valence-corrected chi connectivity index (χ2v) is 5.18. The summed E-state index contributed by atoms with van der Waals surface area (Å²) in [5, 5.41) is 17.0. The highest BCUT2D eigenvalue weighted by molar-refractivity contribution is 7.16. The number of nitro groups is 1. The van der Waals surface area contributed by atoms with Crippen LogP contribution in [0.4, 0.5) is 5.00 Å². The van der Waals surface area contributed by atoms with Crippen LogP contribution in [0.5, 0.6) is 0 Å². The van der Waals surface area contributed by atoms with Crippen molar-refractivity contribution in [2.75, 3.05) is 33.2 Å². The van der Waals surface area contributed by atoms with E-state index in [2.05, 4.69) is 12.1 Å². The number of hydrogen-bond donors (Lipinski definition) is 1. The van der Waals surface area contributed by atoms with Crippen LogP contribution >= 0.6 is 11.3 Å². The molecule has 7 heteroatoms. The van der Waals surface area contributed by atoms with Crippen LogP contribution < -0.4 is 4.90 Å². The molecular formula is C10H15N4O2S+. The molecule has 0 spiro atoms. The Kier molecular flexibility index (Phi) is 3.70. The molecule has 0 aromatic carbocycles. The summed E-state index contributed by atoms with van der Waals surface area (Å²) in [6, 6.07) is 3.24. The van der Waals surface area contributed by atoms with Crippen LogP contribution in [0.3, 0.4) is 0 Å². The van der Waals surface area contributed by atoms with E-state index >= 15 is 0 Å². The van der Waals surface area contributed by atoms with E-state index in [1.165, 1.54) is 11.0 Å². The highest BCUT2D eigenvalue weighted by Gasteiger charge is 2.14. The molecule has 1 saturated heterocycles. The first kappa shape index (κ1) is 12.0. The third-order valence-electron chi connectivity index (χ3n) is 2.73. The SMILES string of the molecule is C[NH+]1CCN(/N=C\c2ccc([N+](=O)[O-])s2)CC1. The normalized spacial score (nSPS) is 17.8. The third kappa shape index (κ3) is 3.24. The Bertz CT molecular complexity index is 424. The van der Waals surface area contributed by atoms with Gasteiger partial charge in [-0.05, 0) is 6.07 Å². The number of nitrogens with one attached hydrogen (secondary N) is 1. The summed E-state index contributed by atoms with van der Waals surface area (Å²) in [6.45, 7) is 4.05. The first-order valence-electron chi connectivity index (χ1n) is 5.49. The Morgan fingerprint density at radius 2 is 2.24 bits per heavy atom. The zero-order chi connectivity index (χ0) is 12.3. The van der Waals surface area contributed by atoms with E-state index in [4.69, 9.17) is 0 Å². The Labute approximate surface area is 103 Å². The van der Waals surface area contributed by atoms with Gasteiger partial charge in [-0.25, -0.2) is 0 Å². The Hall–Kier alpha value is -1.47. The standard InChI is InChI=1S/C10H14N4O2S/c1-12-4-6-13(7-5-12)11-8-9-2-3-10(17-9)14(15)16/h2-3,8H,4-7H2,1H3/p+1/b11-8-. The van der Waals surface area contributed by atoms with E-state index < -0.39 is 0 Å². The zero-order valence-electron chi connectivity index (χ0n) is 9.63. The molecule has 0 bridgehead atoms. The fourth-order valence-electron chi connectivity index (χ4n) is 1.64. The van der Waals surface area contributed by atoms with Crippen molar-refractivity contribution < 1.29 is 9.82 Å². The van der Waals surface area contributed by atoms with E-state index in [0.717, 1.165) is 42.4 Å². The summed E-state index contributed by atoms with van der Waals surface area (Å²) < 4.78 is 0. The minimum atomic E-state index is -0.374. The molecular weight excluding hydrogens is 240 g/mol. The lowest BCUT2D eigenvalue weighted by Gasteiger charge is -2.27.